The molecule has 1 aliphatic rings. The molecular weight excluding hydrogens is 212 g/mol. The third kappa shape index (κ3) is 2.85. The highest BCUT2D eigenvalue weighted by molar-refractivity contribution is 6.23. The largest absolute Gasteiger partial charge is 0.293 e. The summed E-state index contributed by atoms with van der Waals surface area (Å²) in [4.78, 5) is 24.7. The lowest BCUT2D eigenvalue weighted by Crippen LogP contribution is -2.40. The summed E-state index contributed by atoms with van der Waals surface area (Å²) in [6, 6.07) is 0. The number of allylic oxidation sites excluding steroid dienone is 2. The van der Waals surface area contributed by atoms with Crippen molar-refractivity contribution in [1.82, 2.24) is 0 Å². The highest BCUT2D eigenvalue weighted by Gasteiger charge is 2.44. The Morgan fingerprint density at radius 3 is 2.06 bits per heavy atom. The van der Waals surface area contributed by atoms with E-state index in [0.29, 0.717) is 5.57 Å². The van der Waals surface area contributed by atoms with E-state index < -0.39 is 10.8 Å². The molecule has 2 nitrogen and oxygen atoms in total. The normalized spacial score (nSPS) is 23.2. The van der Waals surface area contributed by atoms with Crippen LogP contribution in [-0.2, 0) is 9.59 Å². The number of carbonyl (C=O) groups excluding carboxylic acids is 2. The summed E-state index contributed by atoms with van der Waals surface area (Å²) in [5.41, 5.74) is -0.619. The van der Waals surface area contributed by atoms with Crippen LogP contribution < -0.4 is 0 Å². The third-order valence-corrected chi connectivity index (χ3v) is 3.22. The molecule has 0 aliphatic heterocycles. The van der Waals surface area contributed by atoms with Crippen molar-refractivity contribution >= 4 is 11.6 Å². The van der Waals surface area contributed by atoms with E-state index in [9.17, 15) is 9.59 Å². The molecule has 1 rings (SSSR count). The number of hydrogen-bond donors (Lipinski definition) is 0. The monoisotopic (exact) mass is 236 g/mol. The van der Waals surface area contributed by atoms with Gasteiger partial charge in [0.2, 0.25) is 0 Å². The average Bonchev–Trinajstić information content (AvgIpc) is 2.07. The molecule has 17 heavy (non-hydrogen) atoms. The highest BCUT2D eigenvalue weighted by atomic mass is 16.2. The van der Waals surface area contributed by atoms with Crippen LogP contribution in [-0.4, -0.2) is 11.6 Å². The van der Waals surface area contributed by atoms with Crippen molar-refractivity contribution in [2.24, 2.45) is 16.2 Å². The van der Waals surface area contributed by atoms with E-state index in [1.54, 1.807) is 0 Å². The third-order valence-electron chi connectivity index (χ3n) is 3.22. The Balaban J connectivity index is 3.27. The first-order valence-corrected chi connectivity index (χ1v) is 6.19. The summed E-state index contributed by atoms with van der Waals surface area (Å²) in [6.07, 6.45) is 2.66. The van der Waals surface area contributed by atoms with Gasteiger partial charge in [-0.2, -0.15) is 0 Å². The second-order valence-electron chi connectivity index (χ2n) is 7.52. The summed E-state index contributed by atoms with van der Waals surface area (Å²) in [6.45, 7) is 13.6. The van der Waals surface area contributed by atoms with Gasteiger partial charge in [-0.15, -0.1) is 0 Å². The summed E-state index contributed by atoms with van der Waals surface area (Å²) >= 11 is 0. The van der Waals surface area contributed by atoms with Crippen LogP contribution >= 0.6 is 0 Å². The van der Waals surface area contributed by atoms with Crippen LogP contribution in [0, 0.1) is 16.2 Å². The molecule has 0 heterocycles. The molecule has 0 spiro atoms. The zero-order valence-corrected chi connectivity index (χ0v) is 12.1. The molecule has 1 aliphatic carbocycles. The standard InChI is InChI=1S/C15H24O2/c1-13(2,3)11(16)10-8-14(4,5)9-15(6,7)12(10)17/h8H,9H2,1-7H3. The summed E-state index contributed by atoms with van der Waals surface area (Å²) in [5, 5.41) is 0. The van der Waals surface area contributed by atoms with Crippen LogP contribution in [0.4, 0.5) is 0 Å². The number of rotatable bonds is 1. The Labute approximate surface area is 104 Å². The van der Waals surface area contributed by atoms with Crippen LogP contribution in [0.15, 0.2) is 11.6 Å². The lowest BCUT2D eigenvalue weighted by molar-refractivity contribution is -0.131. The Morgan fingerprint density at radius 1 is 1.18 bits per heavy atom. The van der Waals surface area contributed by atoms with Crippen molar-refractivity contribution in [2.75, 3.05) is 0 Å². The fourth-order valence-corrected chi connectivity index (χ4v) is 2.66. The second kappa shape index (κ2) is 3.79. The van der Waals surface area contributed by atoms with Crippen molar-refractivity contribution < 1.29 is 9.59 Å². The maximum atomic E-state index is 12.3. The van der Waals surface area contributed by atoms with Crippen LogP contribution in [0.25, 0.3) is 0 Å². The van der Waals surface area contributed by atoms with Gasteiger partial charge in [-0.05, 0) is 11.8 Å². The van der Waals surface area contributed by atoms with Crippen molar-refractivity contribution in [2.45, 2.75) is 54.9 Å². The first-order chi connectivity index (χ1) is 7.37. The van der Waals surface area contributed by atoms with Gasteiger partial charge >= 0.3 is 0 Å². The lowest BCUT2D eigenvalue weighted by atomic mass is 9.64. The number of ketones is 2. The van der Waals surface area contributed by atoms with Crippen molar-refractivity contribution in [1.29, 1.82) is 0 Å². The minimum atomic E-state index is -0.495. The van der Waals surface area contributed by atoms with Crippen molar-refractivity contribution in [3.8, 4) is 0 Å². The first kappa shape index (κ1) is 14.1. The van der Waals surface area contributed by atoms with Gasteiger partial charge in [0, 0.05) is 10.8 Å². The van der Waals surface area contributed by atoms with Crippen LogP contribution in [0.1, 0.15) is 54.9 Å². The predicted octanol–water partition coefficient (Wildman–Crippen LogP) is 3.55. The van der Waals surface area contributed by atoms with E-state index in [1.165, 1.54) is 0 Å². The Bertz CT molecular complexity index is 390. The molecular formula is C15H24O2. The molecule has 2 heteroatoms. The molecule has 0 aromatic rings. The molecule has 96 valence electrons. The van der Waals surface area contributed by atoms with Gasteiger partial charge in [0.15, 0.2) is 11.6 Å². The Hall–Kier alpha value is -0.920. The molecule has 0 atom stereocenters. The summed E-state index contributed by atoms with van der Waals surface area (Å²) in [7, 11) is 0. The highest BCUT2D eigenvalue weighted by Crippen LogP contribution is 2.43. The zero-order chi connectivity index (χ0) is 13.6. The molecule has 0 N–H and O–H groups in total. The van der Waals surface area contributed by atoms with Gasteiger partial charge in [0.25, 0.3) is 0 Å². The van der Waals surface area contributed by atoms with E-state index >= 15 is 0 Å². The van der Waals surface area contributed by atoms with Crippen molar-refractivity contribution in [3.63, 3.8) is 0 Å². The van der Waals surface area contributed by atoms with Crippen molar-refractivity contribution in [3.05, 3.63) is 11.6 Å². The number of Topliss-reactive ketones (excluding diaryl/α,β-unsaturated/α-hetero) is 2. The van der Waals surface area contributed by atoms with Crippen LogP contribution in [0.3, 0.4) is 0 Å². The van der Waals surface area contributed by atoms with Gasteiger partial charge in [0.05, 0.1) is 5.57 Å². The maximum absolute atomic E-state index is 12.3. The predicted molar refractivity (Wildman–Crippen MR) is 69.7 cm³/mol. The van der Waals surface area contributed by atoms with Gasteiger partial charge < -0.3 is 0 Å². The van der Waals surface area contributed by atoms with E-state index in [2.05, 4.69) is 13.8 Å². The maximum Gasteiger partial charge on any atom is 0.171 e. The first-order valence-electron chi connectivity index (χ1n) is 6.19. The van der Waals surface area contributed by atoms with Gasteiger partial charge in [0.1, 0.15) is 0 Å². The molecule has 0 bridgehead atoms. The van der Waals surface area contributed by atoms with E-state index in [0.717, 1.165) is 6.42 Å². The molecule has 0 unspecified atom stereocenters. The molecule has 0 saturated carbocycles. The summed E-state index contributed by atoms with van der Waals surface area (Å²) in [5.74, 6) is -0.0416. The van der Waals surface area contributed by atoms with Gasteiger partial charge in [-0.3, -0.25) is 9.59 Å². The summed E-state index contributed by atoms with van der Waals surface area (Å²) < 4.78 is 0. The molecule has 0 aromatic heterocycles. The van der Waals surface area contributed by atoms with Gasteiger partial charge in [-0.25, -0.2) is 0 Å². The number of hydrogen-bond acceptors (Lipinski definition) is 2. The fraction of sp³-hybridized carbons (Fsp3) is 0.733. The Morgan fingerprint density at radius 2 is 1.65 bits per heavy atom. The lowest BCUT2D eigenvalue weighted by Gasteiger charge is -2.38. The van der Waals surface area contributed by atoms with Crippen LogP contribution in [0.5, 0.6) is 0 Å². The molecule has 0 aromatic carbocycles. The van der Waals surface area contributed by atoms with E-state index in [-0.39, 0.29) is 17.0 Å². The Kier molecular flexibility index (Phi) is 3.15. The van der Waals surface area contributed by atoms with E-state index in [4.69, 9.17) is 0 Å². The quantitative estimate of drug-likeness (QED) is 0.652. The SMILES string of the molecule is CC1(C)C=C(C(=O)C(C)(C)C)C(=O)C(C)(C)C1. The van der Waals surface area contributed by atoms with Gasteiger partial charge in [-0.1, -0.05) is 54.5 Å². The minimum absolute atomic E-state index is 0.00301. The fourth-order valence-electron chi connectivity index (χ4n) is 2.66. The average molecular weight is 236 g/mol. The zero-order valence-electron chi connectivity index (χ0n) is 12.1. The molecule has 0 saturated heterocycles. The molecule has 0 radical (unpaired) electrons. The molecule has 0 fully saturated rings. The smallest absolute Gasteiger partial charge is 0.171 e. The van der Waals surface area contributed by atoms with E-state index in [1.807, 2.05) is 40.7 Å². The minimum Gasteiger partial charge on any atom is -0.293 e. The van der Waals surface area contributed by atoms with Crippen LogP contribution in [0.2, 0.25) is 0 Å². The molecule has 0 amide bonds. The number of carbonyl (C=O) groups is 2. The topological polar surface area (TPSA) is 34.1 Å². The second-order valence-corrected chi connectivity index (χ2v) is 7.52.